The lowest BCUT2D eigenvalue weighted by molar-refractivity contribution is 1.40. The van der Waals surface area contributed by atoms with E-state index in [9.17, 15) is 0 Å². The molecule has 0 saturated heterocycles. The molecule has 3 aromatic rings. The Morgan fingerprint density at radius 3 is 2.17 bits per heavy atom. The minimum Gasteiger partial charge on any atom is -0.248 e. The van der Waals surface area contributed by atoms with Gasteiger partial charge in [-0.15, -0.1) is 0 Å². The predicted octanol–water partition coefficient (Wildman–Crippen LogP) is 4.95. The molecule has 0 aliphatic rings. The van der Waals surface area contributed by atoms with Gasteiger partial charge in [0.1, 0.15) is 0 Å². The number of pyridine rings is 1. The van der Waals surface area contributed by atoms with Gasteiger partial charge < -0.3 is 0 Å². The van der Waals surface area contributed by atoms with Crippen molar-refractivity contribution in [2.75, 3.05) is 4.93 Å². The van der Waals surface area contributed by atoms with Crippen LogP contribution in [0.1, 0.15) is 0 Å². The van der Waals surface area contributed by atoms with Crippen LogP contribution in [-0.2, 0) is 0 Å². The van der Waals surface area contributed by atoms with E-state index in [-0.39, 0.29) is 0 Å². The molecule has 1 aromatic heterocycles. The van der Waals surface area contributed by atoms with Gasteiger partial charge in [-0.2, -0.15) is 0 Å². The van der Waals surface area contributed by atoms with Crippen LogP contribution < -0.4 is 0 Å². The van der Waals surface area contributed by atoms with Crippen LogP contribution in [0, 0.1) is 0 Å². The Morgan fingerprint density at radius 2 is 1.39 bits per heavy atom. The van der Waals surface area contributed by atoms with E-state index in [1.165, 1.54) is 5.39 Å². The van der Waals surface area contributed by atoms with Gasteiger partial charge in [0.25, 0.3) is 0 Å². The quantitative estimate of drug-likeness (QED) is 0.448. The lowest BCUT2D eigenvalue weighted by Gasteiger charge is -2.02. The summed E-state index contributed by atoms with van der Waals surface area (Å²) >= 11 is 2.15. The van der Waals surface area contributed by atoms with Gasteiger partial charge in [0.2, 0.25) is 0 Å². The maximum atomic E-state index is 4.65. The fourth-order valence-electron chi connectivity index (χ4n) is 1.84. The van der Waals surface area contributed by atoms with Crippen LogP contribution in [0.15, 0.2) is 66.7 Å². The van der Waals surface area contributed by atoms with E-state index >= 15 is 0 Å². The molecule has 1 nitrogen and oxygen atoms in total. The first-order valence-electron chi connectivity index (χ1n) is 5.72. The Hall–Kier alpha value is -1.42. The number of para-hydroxylation sites is 1. The number of fused-ring (bicyclic) bond motifs is 1. The molecule has 0 saturated carbocycles. The summed E-state index contributed by atoms with van der Waals surface area (Å²) < 4.78 is 0. The minimum absolute atomic E-state index is 1.03. The van der Waals surface area contributed by atoms with E-state index in [0.717, 1.165) is 16.8 Å². The predicted molar refractivity (Wildman–Crippen MR) is 87.1 cm³/mol. The number of halogens is 1. The van der Waals surface area contributed by atoms with Crippen molar-refractivity contribution in [3.8, 4) is 11.3 Å². The van der Waals surface area contributed by atoms with Gasteiger partial charge in [-0.1, -0.05) is 77.2 Å². The maximum Gasteiger partial charge on any atom is 0.0709 e. The van der Waals surface area contributed by atoms with Gasteiger partial charge in [0.15, 0.2) is 0 Å². The average molecular weight is 347 g/mol. The molecule has 0 aliphatic carbocycles. The minimum atomic E-state index is 1.03. The van der Waals surface area contributed by atoms with Crippen molar-refractivity contribution in [1.29, 1.82) is 0 Å². The smallest absolute Gasteiger partial charge is 0.0709 e. The Balaban J connectivity index is 0.000000574. The highest BCUT2D eigenvalue weighted by molar-refractivity contribution is 14.1. The third-order valence-electron chi connectivity index (χ3n) is 2.67. The summed E-state index contributed by atoms with van der Waals surface area (Å²) in [6.45, 7) is 0. The standard InChI is InChI=1S/C15H11N.CH3I/c1-2-6-12(7-3-1)15-11-10-13-8-4-5-9-14(13)16-15;1-2/h1-11H;1H3. The van der Waals surface area contributed by atoms with E-state index < -0.39 is 0 Å². The number of nitrogens with zero attached hydrogens (tertiary/aromatic N) is 1. The first-order valence-corrected chi connectivity index (χ1v) is 7.88. The Labute approximate surface area is 121 Å². The Bertz CT molecular complexity index is 620. The topological polar surface area (TPSA) is 12.9 Å². The van der Waals surface area contributed by atoms with Crippen molar-refractivity contribution in [3.63, 3.8) is 0 Å². The number of benzene rings is 2. The SMILES string of the molecule is CI.c1ccc(-c2ccc3ccccc3n2)cc1. The van der Waals surface area contributed by atoms with Crippen molar-refractivity contribution >= 4 is 33.5 Å². The Kier molecular flexibility index (Phi) is 4.70. The zero-order valence-corrected chi connectivity index (χ0v) is 12.3. The molecule has 3 rings (SSSR count). The molecule has 0 atom stereocenters. The van der Waals surface area contributed by atoms with Gasteiger partial charge in [-0.05, 0) is 17.1 Å². The Morgan fingerprint density at radius 1 is 0.722 bits per heavy atom. The summed E-state index contributed by atoms with van der Waals surface area (Å²) in [5.41, 5.74) is 3.23. The largest absolute Gasteiger partial charge is 0.248 e. The number of hydrogen-bond donors (Lipinski definition) is 0. The molecule has 0 fully saturated rings. The highest BCUT2D eigenvalue weighted by atomic mass is 127. The van der Waals surface area contributed by atoms with Crippen molar-refractivity contribution in [2.24, 2.45) is 0 Å². The molecule has 0 unspecified atom stereocenters. The zero-order valence-electron chi connectivity index (χ0n) is 10.2. The average Bonchev–Trinajstić information content (AvgIpc) is 2.50. The summed E-state index contributed by atoms with van der Waals surface area (Å²) in [6, 6.07) is 22.6. The first kappa shape index (κ1) is 13.0. The van der Waals surface area contributed by atoms with Crippen molar-refractivity contribution in [1.82, 2.24) is 4.98 Å². The van der Waals surface area contributed by atoms with E-state index in [0.29, 0.717) is 0 Å². The highest BCUT2D eigenvalue weighted by Gasteiger charge is 1.99. The molecule has 0 radical (unpaired) electrons. The van der Waals surface area contributed by atoms with Crippen LogP contribution >= 0.6 is 22.6 Å². The molecule has 0 N–H and O–H groups in total. The lowest BCUT2D eigenvalue weighted by Crippen LogP contribution is -1.84. The number of aromatic nitrogens is 1. The molecule has 0 spiro atoms. The fraction of sp³-hybridized carbons (Fsp3) is 0.0625. The first-order chi connectivity index (χ1) is 8.93. The normalized spacial score (nSPS) is 9.67. The van der Waals surface area contributed by atoms with E-state index in [2.05, 4.69) is 57.9 Å². The summed E-state index contributed by atoms with van der Waals surface area (Å²) in [5, 5.41) is 1.18. The van der Waals surface area contributed by atoms with Gasteiger partial charge in [-0.25, -0.2) is 4.98 Å². The molecule has 0 amide bonds. The van der Waals surface area contributed by atoms with Gasteiger partial charge >= 0.3 is 0 Å². The van der Waals surface area contributed by atoms with Crippen LogP contribution in [0.2, 0.25) is 0 Å². The van der Waals surface area contributed by atoms with Crippen molar-refractivity contribution < 1.29 is 0 Å². The third kappa shape index (κ3) is 2.88. The van der Waals surface area contributed by atoms with Crippen molar-refractivity contribution in [2.45, 2.75) is 0 Å². The zero-order chi connectivity index (χ0) is 12.8. The highest BCUT2D eigenvalue weighted by Crippen LogP contribution is 2.20. The fourth-order valence-corrected chi connectivity index (χ4v) is 1.84. The van der Waals surface area contributed by atoms with Crippen LogP contribution in [0.3, 0.4) is 0 Å². The van der Waals surface area contributed by atoms with Crippen LogP contribution in [0.4, 0.5) is 0 Å². The van der Waals surface area contributed by atoms with E-state index in [4.69, 9.17) is 0 Å². The molecule has 90 valence electrons. The van der Waals surface area contributed by atoms with Gasteiger partial charge in [0.05, 0.1) is 11.2 Å². The lowest BCUT2D eigenvalue weighted by atomic mass is 10.1. The monoisotopic (exact) mass is 347 g/mol. The molecular formula is C16H14IN. The number of rotatable bonds is 1. The molecule has 0 aliphatic heterocycles. The molecule has 2 heteroatoms. The summed E-state index contributed by atoms with van der Waals surface area (Å²) in [5.74, 6) is 0. The van der Waals surface area contributed by atoms with E-state index in [1.807, 2.05) is 41.3 Å². The molecule has 1 heterocycles. The summed E-state index contributed by atoms with van der Waals surface area (Å²) in [6.07, 6.45) is 0. The van der Waals surface area contributed by atoms with Crippen molar-refractivity contribution in [3.05, 3.63) is 66.7 Å². The second kappa shape index (κ2) is 6.50. The van der Waals surface area contributed by atoms with Gasteiger partial charge in [-0.3, -0.25) is 0 Å². The summed E-state index contributed by atoms with van der Waals surface area (Å²) in [4.78, 5) is 6.62. The van der Waals surface area contributed by atoms with E-state index in [1.54, 1.807) is 0 Å². The maximum absolute atomic E-state index is 4.65. The third-order valence-corrected chi connectivity index (χ3v) is 2.67. The molecular weight excluding hydrogens is 333 g/mol. The van der Waals surface area contributed by atoms with Crippen LogP contribution in [0.5, 0.6) is 0 Å². The van der Waals surface area contributed by atoms with Crippen LogP contribution in [0.25, 0.3) is 22.2 Å². The molecule has 0 bridgehead atoms. The number of hydrogen-bond acceptors (Lipinski definition) is 1. The number of alkyl halides is 1. The van der Waals surface area contributed by atoms with Gasteiger partial charge in [0, 0.05) is 10.9 Å². The molecule has 18 heavy (non-hydrogen) atoms. The summed E-state index contributed by atoms with van der Waals surface area (Å²) in [7, 11) is 0. The molecule has 2 aromatic carbocycles. The second-order valence-electron chi connectivity index (χ2n) is 3.76. The second-order valence-corrected chi connectivity index (χ2v) is 3.76. The van der Waals surface area contributed by atoms with Crippen LogP contribution in [-0.4, -0.2) is 9.91 Å².